The topological polar surface area (TPSA) is 66.1 Å². The van der Waals surface area contributed by atoms with Crippen LogP contribution in [0.3, 0.4) is 0 Å². The van der Waals surface area contributed by atoms with Crippen LogP contribution < -0.4 is 5.56 Å². The van der Waals surface area contributed by atoms with Crippen molar-refractivity contribution in [1.82, 2.24) is 14.9 Å². The van der Waals surface area contributed by atoms with Crippen molar-refractivity contribution in [1.29, 1.82) is 0 Å². The number of pyridine rings is 2. The molecule has 2 aromatic heterocycles. The second-order valence-electron chi connectivity index (χ2n) is 4.46. The minimum Gasteiger partial charge on any atom is -0.339 e. The quantitative estimate of drug-likeness (QED) is 0.883. The second-order valence-corrected chi connectivity index (χ2v) is 4.85. The highest BCUT2D eigenvalue weighted by molar-refractivity contribution is 6.29. The van der Waals surface area contributed by atoms with Crippen LogP contribution >= 0.6 is 11.6 Å². The number of H-pyrrole nitrogens is 1. The van der Waals surface area contributed by atoms with Gasteiger partial charge in [-0.1, -0.05) is 11.6 Å². The number of rotatable bonds is 4. The maximum absolute atomic E-state index is 12.2. The third-order valence-corrected chi connectivity index (χ3v) is 3.43. The molecule has 0 bridgehead atoms. The first kappa shape index (κ1) is 15.3. The van der Waals surface area contributed by atoms with Crippen LogP contribution in [0.2, 0.25) is 5.15 Å². The normalized spacial score (nSPS) is 10.4. The fourth-order valence-corrected chi connectivity index (χ4v) is 2.24. The number of aromatic nitrogens is 2. The van der Waals surface area contributed by atoms with E-state index in [1.54, 1.807) is 35.4 Å². The van der Waals surface area contributed by atoms with E-state index in [1.165, 1.54) is 0 Å². The Balaban J connectivity index is 2.38. The van der Waals surface area contributed by atoms with Crippen LogP contribution in [0.5, 0.6) is 0 Å². The van der Waals surface area contributed by atoms with Crippen molar-refractivity contribution in [2.45, 2.75) is 13.8 Å². The van der Waals surface area contributed by atoms with Gasteiger partial charge in [0.2, 0.25) is 0 Å². The second kappa shape index (κ2) is 6.54. The van der Waals surface area contributed by atoms with Crippen molar-refractivity contribution in [3.63, 3.8) is 0 Å². The Morgan fingerprint density at radius 1 is 1.29 bits per heavy atom. The van der Waals surface area contributed by atoms with E-state index in [-0.39, 0.29) is 11.5 Å². The van der Waals surface area contributed by atoms with Gasteiger partial charge in [0.25, 0.3) is 11.5 Å². The van der Waals surface area contributed by atoms with Gasteiger partial charge in [0, 0.05) is 30.5 Å². The van der Waals surface area contributed by atoms with Crippen molar-refractivity contribution in [2.75, 3.05) is 13.1 Å². The van der Waals surface area contributed by atoms with Crippen molar-refractivity contribution < 1.29 is 4.79 Å². The lowest BCUT2D eigenvalue weighted by Gasteiger charge is -2.18. The van der Waals surface area contributed by atoms with Crippen LogP contribution in [0.15, 0.2) is 35.3 Å². The predicted octanol–water partition coefficient (Wildman–Crippen LogP) is 2.57. The summed E-state index contributed by atoms with van der Waals surface area (Å²) in [5.74, 6) is -0.263. The molecule has 0 saturated heterocycles. The first-order valence-corrected chi connectivity index (χ1v) is 7.09. The SMILES string of the molecule is CCN(CC)C(=O)c1ccc(-c2ccnc(Cl)c2)[nH]c1=O. The van der Waals surface area contributed by atoms with Gasteiger partial charge in [-0.3, -0.25) is 9.59 Å². The standard InChI is InChI=1S/C15H16ClN3O2/c1-3-19(4-2)15(21)11-5-6-12(18-14(11)20)10-7-8-17-13(16)9-10/h5-9H,3-4H2,1-2H3,(H,18,20). The molecule has 0 saturated carbocycles. The molecule has 0 aliphatic rings. The maximum Gasteiger partial charge on any atom is 0.261 e. The lowest BCUT2D eigenvalue weighted by atomic mass is 10.1. The van der Waals surface area contributed by atoms with E-state index in [0.29, 0.717) is 23.9 Å². The third kappa shape index (κ3) is 3.31. The van der Waals surface area contributed by atoms with Crippen LogP contribution in [0.4, 0.5) is 0 Å². The number of halogens is 1. The third-order valence-electron chi connectivity index (χ3n) is 3.23. The van der Waals surface area contributed by atoms with Crippen molar-refractivity contribution in [3.8, 4) is 11.3 Å². The molecule has 2 rings (SSSR count). The Hall–Kier alpha value is -2.14. The summed E-state index contributed by atoms with van der Waals surface area (Å²) in [6.45, 7) is 4.89. The van der Waals surface area contributed by atoms with Crippen LogP contribution in [0.1, 0.15) is 24.2 Å². The first-order valence-electron chi connectivity index (χ1n) is 6.71. The average Bonchev–Trinajstić information content (AvgIpc) is 2.48. The number of carbonyl (C=O) groups is 1. The number of carbonyl (C=O) groups excluding carboxylic acids is 1. The Morgan fingerprint density at radius 3 is 2.57 bits per heavy atom. The Labute approximate surface area is 127 Å². The Bertz CT molecular complexity index is 708. The van der Waals surface area contributed by atoms with Crippen molar-refractivity contribution in [3.05, 3.63) is 51.5 Å². The molecule has 2 heterocycles. The van der Waals surface area contributed by atoms with Gasteiger partial charge in [0.1, 0.15) is 10.7 Å². The molecule has 2 aromatic rings. The van der Waals surface area contributed by atoms with Gasteiger partial charge in [-0.2, -0.15) is 0 Å². The molecule has 1 amide bonds. The zero-order chi connectivity index (χ0) is 15.4. The highest BCUT2D eigenvalue weighted by Gasteiger charge is 2.16. The number of nitrogens with zero attached hydrogens (tertiary/aromatic N) is 2. The molecule has 0 aliphatic heterocycles. The smallest absolute Gasteiger partial charge is 0.261 e. The first-order chi connectivity index (χ1) is 10.1. The zero-order valence-electron chi connectivity index (χ0n) is 11.9. The summed E-state index contributed by atoms with van der Waals surface area (Å²) in [4.78, 5) is 32.5. The number of hydrogen-bond acceptors (Lipinski definition) is 3. The Morgan fingerprint density at radius 2 is 2.00 bits per heavy atom. The number of aromatic amines is 1. The van der Waals surface area contributed by atoms with Gasteiger partial charge in [0.05, 0.1) is 0 Å². The molecule has 110 valence electrons. The van der Waals surface area contributed by atoms with E-state index in [2.05, 4.69) is 9.97 Å². The van der Waals surface area contributed by atoms with Crippen LogP contribution in [0, 0.1) is 0 Å². The van der Waals surface area contributed by atoms with Crippen LogP contribution in [-0.2, 0) is 0 Å². The van der Waals surface area contributed by atoms with Gasteiger partial charge in [-0.05, 0) is 38.1 Å². The molecule has 0 radical (unpaired) electrons. The molecule has 0 spiro atoms. The number of amides is 1. The molecule has 0 aliphatic carbocycles. The molecule has 6 heteroatoms. The fraction of sp³-hybridized carbons (Fsp3) is 0.267. The molecule has 0 fully saturated rings. The number of hydrogen-bond donors (Lipinski definition) is 1. The highest BCUT2D eigenvalue weighted by Crippen LogP contribution is 2.18. The van der Waals surface area contributed by atoms with Gasteiger partial charge in [-0.25, -0.2) is 4.98 Å². The maximum atomic E-state index is 12.2. The van der Waals surface area contributed by atoms with Gasteiger partial charge in [0.15, 0.2) is 0 Å². The summed E-state index contributed by atoms with van der Waals surface area (Å²) < 4.78 is 0. The molecular weight excluding hydrogens is 290 g/mol. The minimum absolute atomic E-state index is 0.141. The van der Waals surface area contributed by atoms with E-state index in [1.807, 2.05) is 13.8 Å². The summed E-state index contributed by atoms with van der Waals surface area (Å²) in [5, 5.41) is 0.344. The van der Waals surface area contributed by atoms with E-state index < -0.39 is 5.56 Å². The molecule has 0 atom stereocenters. The fourth-order valence-electron chi connectivity index (χ4n) is 2.06. The van der Waals surface area contributed by atoms with E-state index >= 15 is 0 Å². The van der Waals surface area contributed by atoms with E-state index in [9.17, 15) is 9.59 Å². The summed E-state index contributed by atoms with van der Waals surface area (Å²) in [5.41, 5.74) is 1.08. The summed E-state index contributed by atoms with van der Waals surface area (Å²) in [6, 6.07) is 6.63. The highest BCUT2D eigenvalue weighted by atomic mass is 35.5. The van der Waals surface area contributed by atoms with Gasteiger partial charge in [-0.15, -0.1) is 0 Å². The van der Waals surface area contributed by atoms with E-state index in [0.717, 1.165) is 5.56 Å². The van der Waals surface area contributed by atoms with E-state index in [4.69, 9.17) is 11.6 Å². The molecule has 5 nitrogen and oxygen atoms in total. The molecule has 0 aromatic carbocycles. The number of nitrogens with one attached hydrogen (secondary N) is 1. The lowest BCUT2D eigenvalue weighted by molar-refractivity contribution is 0.0771. The summed E-state index contributed by atoms with van der Waals surface area (Å²) >= 11 is 5.83. The molecular formula is C15H16ClN3O2. The van der Waals surface area contributed by atoms with Crippen LogP contribution in [0.25, 0.3) is 11.3 Å². The average molecular weight is 306 g/mol. The van der Waals surface area contributed by atoms with Crippen molar-refractivity contribution >= 4 is 17.5 Å². The van der Waals surface area contributed by atoms with Gasteiger partial charge >= 0.3 is 0 Å². The molecule has 0 unspecified atom stereocenters. The monoisotopic (exact) mass is 305 g/mol. The van der Waals surface area contributed by atoms with Crippen LogP contribution in [-0.4, -0.2) is 33.9 Å². The lowest BCUT2D eigenvalue weighted by Crippen LogP contribution is -2.34. The zero-order valence-corrected chi connectivity index (χ0v) is 12.6. The summed E-state index contributed by atoms with van der Waals surface area (Å²) in [6.07, 6.45) is 1.56. The predicted molar refractivity (Wildman–Crippen MR) is 82.6 cm³/mol. The minimum atomic E-state index is -0.405. The Kier molecular flexibility index (Phi) is 4.75. The van der Waals surface area contributed by atoms with Crippen molar-refractivity contribution in [2.24, 2.45) is 0 Å². The molecule has 21 heavy (non-hydrogen) atoms. The molecule has 1 N–H and O–H groups in total. The van der Waals surface area contributed by atoms with Gasteiger partial charge < -0.3 is 9.88 Å². The summed E-state index contributed by atoms with van der Waals surface area (Å²) in [7, 11) is 0. The largest absolute Gasteiger partial charge is 0.339 e.